The van der Waals surface area contributed by atoms with Crippen molar-refractivity contribution in [1.82, 2.24) is 4.57 Å². The van der Waals surface area contributed by atoms with Crippen LogP contribution < -0.4 is 5.73 Å². The Morgan fingerprint density at radius 1 is 0.913 bits per heavy atom. The fourth-order valence-corrected chi connectivity index (χ4v) is 3.78. The maximum Gasteiger partial charge on any atom is 0.0811 e. The van der Waals surface area contributed by atoms with Crippen LogP contribution in [0.3, 0.4) is 0 Å². The van der Waals surface area contributed by atoms with Crippen LogP contribution in [0.2, 0.25) is 0 Å². The molecule has 0 radical (unpaired) electrons. The molecule has 0 bridgehead atoms. The summed E-state index contributed by atoms with van der Waals surface area (Å²) in [6.45, 7) is 0. The molecule has 1 aliphatic rings. The number of para-hydroxylation sites is 1. The summed E-state index contributed by atoms with van der Waals surface area (Å²) < 4.78 is 2.13. The first kappa shape index (κ1) is 14.5. The number of nitrogens with zero attached hydrogens (tertiary/aromatic N) is 1. The molecule has 0 spiro atoms. The van der Waals surface area contributed by atoms with Gasteiger partial charge in [-0.1, -0.05) is 48.5 Å². The van der Waals surface area contributed by atoms with Crippen LogP contribution in [-0.2, 0) is 7.05 Å². The Labute approximate surface area is 134 Å². The van der Waals surface area contributed by atoms with Gasteiger partial charge in [0.25, 0.3) is 0 Å². The van der Waals surface area contributed by atoms with E-state index in [9.17, 15) is 10.2 Å². The third kappa shape index (κ3) is 1.96. The van der Waals surface area contributed by atoms with Gasteiger partial charge in [-0.15, -0.1) is 0 Å². The molecule has 0 aliphatic heterocycles. The number of benzene rings is 2. The summed E-state index contributed by atoms with van der Waals surface area (Å²) in [5, 5.41) is 21.8. The van der Waals surface area contributed by atoms with Crippen molar-refractivity contribution in [2.24, 2.45) is 12.8 Å². The van der Waals surface area contributed by atoms with Crippen LogP contribution in [0.1, 0.15) is 11.5 Å². The molecule has 1 saturated carbocycles. The Bertz CT molecular complexity index is 846. The van der Waals surface area contributed by atoms with E-state index in [0.29, 0.717) is 0 Å². The number of hydrogen-bond donors (Lipinski definition) is 3. The maximum absolute atomic E-state index is 10.3. The van der Waals surface area contributed by atoms with E-state index in [2.05, 4.69) is 22.8 Å². The van der Waals surface area contributed by atoms with Crippen molar-refractivity contribution in [3.63, 3.8) is 0 Å². The number of hydrogen-bond acceptors (Lipinski definition) is 3. The van der Waals surface area contributed by atoms with E-state index in [0.717, 1.165) is 27.7 Å². The highest BCUT2D eigenvalue weighted by Gasteiger charge is 2.49. The molecule has 4 N–H and O–H groups in total. The number of nitrogens with two attached hydrogens (primary N) is 1. The molecule has 4 rings (SSSR count). The lowest BCUT2D eigenvalue weighted by Crippen LogP contribution is -2.62. The number of aryl methyl sites for hydroxylation is 1. The number of fused-ring (bicyclic) bond motifs is 1. The predicted molar refractivity (Wildman–Crippen MR) is 91.1 cm³/mol. The predicted octanol–water partition coefficient (Wildman–Crippen LogP) is 1.99. The standard InChI is InChI=1S/C19H20N2O2/c1-21-13-10-6-5-9-12(13)14(15-18(22)16(20)19(15)23)17(21)11-7-3-2-4-8-11/h2-10,15-16,18-19,22-23H,20H2,1H3. The molecule has 4 heteroatoms. The van der Waals surface area contributed by atoms with Gasteiger partial charge >= 0.3 is 0 Å². The van der Waals surface area contributed by atoms with Gasteiger partial charge in [-0.3, -0.25) is 0 Å². The highest BCUT2D eigenvalue weighted by molar-refractivity contribution is 5.92. The number of aromatic nitrogens is 1. The van der Waals surface area contributed by atoms with Crippen LogP contribution >= 0.6 is 0 Å². The third-order valence-electron chi connectivity index (χ3n) is 5.05. The Morgan fingerprint density at radius 3 is 2.22 bits per heavy atom. The van der Waals surface area contributed by atoms with E-state index >= 15 is 0 Å². The zero-order chi connectivity index (χ0) is 16.1. The molecule has 3 aromatic rings. The Morgan fingerprint density at radius 2 is 1.52 bits per heavy atom. The lowest BCUT2D eigenvalue weighted by molar-refractivity contribution is -0.0736. The second-order valence-corrected chi connectivity index (χ2v) is 6.29. The smallest absolute Gasteiger partial charge is 0.0811 e. The van der Waals surface area contributed by atoms with E-state index in [1.165, 1.54) is 0 Å². The van der Waals surface area contributed by atoms with Crippen LogP contribution in [0.5, 0.6) is 0 Å². The van der Waals surface area contributed by atoms with Crippen LogP contribution in [0.4, 0.5) is 0 Å². The average molecular weight is 308 g/mol. The van der Waals surface area contributed by atoms with Gasteiger partial charge in [-0.2, -0.15) is 0 Å². The minimum Gasteiger partial charge on any atom is -0.391 e. The van der Waals surface area contributed by atoms with Crippen molar-refractivity contribution in [3.8, 4) is 11.3 Å². The van der Waals surface area contributed by atoms with Crippen molar-refractivity contribution in [1.29, 1.82) is 0 Å². The van der Waals surface area contributed by atoms with Gasteiger partial charge in [0, 0.05) is 23.9 Å². The first-order valence-corrected chi connectivity index (χ1v) is 7.85. The molecule has 1 aliphatic carbocycles. The second-order valence-electron chi connectivity index (χ2n) is 6.29. The normalized spacial score (nSPS) is 27.1. The minimum atomic E-state index is -0.724. The van der Waals surface area contributed by atoms with Crippen LogP contribution in [-0.4, -0.2) is 33.0 Å². The Balaban J connectivity index is 2.02. The summed E-state index contributed by atoms with van der Waals surface area (Å²) in [6, 6.07) is 17.6. The van der Waals surface area contributed by atoms with Gasteiger partial charge in [0.2, 0.25) is 0 Å². The van der Waals surface area contributed by atoms with Crippen molar-refractivity contribution < 1.29 is 10.2 Å². The molecule has 1 heterocycles. The van der Waals surface area contributed by atoms with Crippen LogP contribution in [0.15, 0.2) is 54.6 Å². The van der Waals surface area contributed by atoms with Gasteiger partial charge in [-0.25, -0.2) is 0 Å². The second kappa shape index (κ2) is 5.20. The summed E-state index contributed by atoms with van der Waals surface area (Å²) in [7, 11) is 2.02. The third-order valence-corrected chi connectivity index (χ3v) is 5.05. The summed E-state index contributed by atoms with van der Waals surface area (Å²) in [5.74, 6) is -0.355. The van der Waals surface area contributed by atoms with Crippen molar-refractivity contribution >= 4 is 10.9 Å². The molecule has 1 aromatic heterocycles. The molecule has 2 aromatic carbocycles. The van der Waals surface area contributed by atoms with E-state index in [1.54, 1.807) is 0 Å². The average Bonchev–Trinajstić information content (AvgIpc) is 2.88. The molecule has 2 unspecified atom stereocenters. The van der Waals surface area contributed by atoms with E-state index in [4.69, 9.17) is 5.73 Å². The van der Waals surface area contributed by atoms with Crippen molar-refractivity contribution in [3.05, 3.63) is 60.2 Å². The maximum atomic E-state index is 10.3. The molecule has 0 saturated heterocycles. The molecular formula is C19H20N2O2. The number of aliphatic hydroxyl groups is 2. The zero-order valence-electron chi connectivity index (χ0n) is 12.9. The quantitative estimate of drug-likeness (QED) is 0.678. The molecule has 118 valence electrons. The monoisotopic (exact) mass is 308 g/mol. The van der Waals surface area contributed by atoms with E-state index < -0.39 is 18.2 Å². The van der Waals surface area contributed by atoms with Crippen molar-refractivity contribution in [2.75, 3.05) is 0 Å². The molecule has 0 amide bonds. The van der Waals surface area contributed by atoms with E-state index in [-0.39, 0.29) is 5.92 Å². The molecular weight excluding hydrogens is 288 g/mol. The lowest BCUT2D eigenvalue weighted by atomic mass is 9.69. The molecule has 1 fully saturated rings. The van der Waals surface area contributed by atoms with E-state index in [1.807, 2.05) is 43.4 Å². The largest absolute Gasteiger partial charge is 0.391 e. The fraction of sp³-hybridized carbons (Fsp3) is 0.263. The lowest BCUT2D eigenvalue weighted by Gasteiger charge is -2.44. The van der Waals surface area contributed by atoms with Gasteiger partial charge in [0.05, 0.1) is 23.9 Å². The van der Waals surface area contributed by atoms with Crippen molar-refractivity contribution in [2.45, 2.75) is 24.2 Å². The summed E-state index contributed by atoms with van der Waals surface area (Å²) in [5.41, 5.74) is 9.99. The van der Waals surface area contributed by atoms with Gasteiger partial charge < -0.3 is 20.5 Å². The topological polar surface area (TPSA) is 71.4 Å². The first-order chi connectivity index (χ1) is 11.1. The fourth-order valence-electron chi connectivity index (χ4n) is 3.78. The SMILES string of the molecule is Cn1c(-c2ccccc2)c(C2C(O)C(N)C2O)c2ccccc21. The minimum absolute atomic E-state index is 0.355. The van der Waals surface area contributed by atoms with Gasteiger partial charge in [0.1, 0.15) is 0 Å². The highest BCUT2D eigenvalue weighted by atomic mass is 16.3. The summed E-state index contributed by atoms with van der Waals surface area (Å²) in [4.78, 5) is 0. The van der Waals surface area contributed by atoms with Gasteiger partial charge in [0.15, 0.2) is 0 Å². The Kier molecular flexibility index (Phi) is 3.27. The number of aliphatic hydroxyl groups excluding tert-OH is 2. The summed E-state index contributed by atoms with van der Waals surface area (Å²) >= 11 is 0. The summed E-state index contributed by atoms with van der Waals surface area (Å²) in [6.07, 6.45) is -1.45. The van der Waals surface area contributed by atoms with Crippen LogP contribution in [0, 0.1) is 0 Å². The highest BCUT2D eigenvalue weighted by Crippen LogP contribution is 2.45. The van der Waals surface area contributed by atoms with Gasteiger partial charge in [-0.05, 0) is 17.2 Å². The molecule has 23 heavy (non-hydrogen) atoms. The molecule has 4 nitrogen and oxygen atoms in total. The first-order valence-electron chi connectivity index (χ1n) is 7.85. The van der Waals surface area contributed by atoms with Crippen LogP contribution in [0.25, 0.3) is 22.2 Å². The zero-order valence-corrected chi connectivity index (χ0v) is 12.9. The molecule has 2 atom stereocenters. The number of rotatable bonds is 2. The Hall–Kier alpha value is -2.14.